The fraction of sp³-hybridized carbons (Fsp3) is 0.667. The van der Waals surface area contributed by atoms with E-state index in [-0.39, 0.29) is 23.9 Å². The fourth-order valence-electron chi connectivity index (χ4n) is 5.07. The van der Waals surface area contributed by atoms with Crippen LogP contribution >= 0.6 is 0 Å². The molecule has 0 N–H and O–H groups in total. The normalized spacial score (nSPS) is 26.9. The number of amides is 1. The molecule has 1 amide bonds. The molecule has 2 heterocycles. The molecule has 2 saturated heterocycles. The summed E-state index contributed by atoms with van der Waals surface area (Å²) in [6.07, 6.45) is 6.48. The lowest BCUT2D eigenvalue weighted by Gasteiger charge is -2.42. The zero-order chi connectivity index (χ0) is 20.4. The summed E-state index contributed by atoms with van der Waals surface area (Å²) in [5, 5.41) is 0. The van der Waals surface area contributed by atoms with Gasteiger partial charge in [0.2, 0.25) is 15.9 Å². The molecule has 1 aliphatic carbocycles. The van der Waals surface area contributed by atoms with E-state index >= 15 is 0 Å². The molecule has 0 bridgehead atoms. The first-order chi connectivity index (χ1) is 13.9. The summed E-state index contributed by atoms with van der Waals surface area (Å²) in [6, 6.07) is 5.08. The number of piperidine rings is 1. The van der Waals surface area contributed by atoms with E-state index < -0.39 is 15.8 Å². The standard InChI is InChI=1S/C21H30FN3O3S/c22-19-6-3-7-20(14-19)29(27,28)25-12-10-24(11-13-25)21(26)16-23-9-8-17-4-1-2-5-18(17)15-23/h3,6-7,14,17-18H,1-2,4-5,8-13,15-16H2/t17-,18-/m1/s1. The van der Waals surface area contributed by atoms with Crippen molar-refractivity contribution in [2.45, 2.75) is 37.0 Å². The Hall–Kier alpha value is -1.51. The van der Waals surface area contributed by atoms with Gasteiger partial charge in [0.05, 0.1) is 11.4 Å². The van der Waals surface area contributed by atoms with Crippen molar-refractivity contribution >= 4 is 15.9 Å². The number of carbonyl (C=O) groups excluding carboxylic acids is 1. The monoisotopic (exact) mass is 423 g/mol. The first-order valence-corrected chi connectivity index (χ1v) is 12.1. The summed E-state index contributed by atoms with van der Waals surface area (Å²) >= 11 is 0. The van der Waals surface area contributed by atoms with Gasteiger partial charge in [0.1, 0.15) is 5.82 Å². The Bertz CT molecular complexity index is 839. The maximum absolute atomic E-state index is 13.4. The summed E-state index contributed by atoms with van der Waals surface area (Å²) < 4.78 is 40.2. The van der Waals surface area contributed by atoms with E-state index in [0.29, 0.717) is 19.6 Å². The van der Waals surface area contributed by atoms with Crippen LogP contribution in [0.25, 0.3) is 0 Å². The molecule has 4 rings (SSSR count). The molecule has 3 fully saturated rings. The van der Waals surface area contributed by atoms with Gasteiger partial charge in [0.25, 0.3) is 0 Å². The number of halogens is 1. The Kier molecular flexibility index (Phi) is 6.22. The molecule has 0 spiro atoms. The average molecular weight is 424 g/mol. The van der Waals surface area contributed by atoms with E-state index in [0.717, 1.165) is 31.0 Å². The van der Waals surface area contributed by atoms with Crippen LogP contribution in [-0.2, 0) is 14.8 Å². The summed E-state index contributed by atoms with van der Waals surface area (Å²) in [5.41, 5.74) is 0. The summed E-state index contributed by atoms with van der Waals surface area (Å²) in [7, 11) is -3.73. The molecule has 1 aromatic rings. The molecule has 3 aliphatic rings. The third-order valence-corrected chi connectivity index (χ3v) is 8.65. The smallest absolute Gasteiger partial charge is 0.243 e. The van der Waals surface area contributed by atoms with Crippen molar-refractivity contribution in [3.8, 4) is 0 Å². The van der Waals surface area contributed by atoms with Crippen LogP contribution < -0.4 is 0 Å². The molecule has 0 aromatic heterocycles. The van der Waals surface area contributed by atoms with Crippen LogP contribution in [0.5, 0.6) is 0 Å². The third kappa shape index (κ3) is 4.64. The number of nitrogens with zero attached hydrogens (tertiary/aromatic N) is 3. The number of rotatable bonds is 4. The Morgan fingerprint density at radius 3 is 2.45 bits per heavy atom. The zero-order valence-corrected chi connectivity index (χ0v) is 17.6. The Balaban J connectivity index is 1.29. The highest BCUT2D eigenvalue weighted by Gasteiger charge is 2.34. The van der Waals surface area contributed by atoms with Gasteiger partial charge in [-0.05, 0) is 49.4 Å². The number of benzene rings is 1. The minimum Gasteiger partial charge on any atom is -0.339 e. The average Bonchev–Trinajstić information content (AvgIpc) is 2.74. The minimum absolute atomic E-state index is 0.0346. The predicted molar refractivity (Wildman–Crippen MR) is 108 cm³/mol. The quantitative estimate of drug-likeness (QED) is 0.745. The van der Waals surface area contributed by atoms with E-state index in [2.05, 4.69) is 4.90 Å². The minimum atomic E-state index is -3.73. The summed E-state index contributed by atoms with van der Waals surface area (Å²) in [4.78, 5) is 16.8. The van der Waals surface area contributed by atoms with E-state index in [1.165, 1.54) is 54.6 Å². The Labute approximate surface area is 172 Å². The van der Waals surface area contributed by atoms with Gasteiger partial charge in [-0.3, -0.25) is 9.69 Å². The molecule has 0 unspecified atom stereocenters. The van der Waals surface area contributed by atoms with Gasteiger partial charge >= 0.3 is 0 Å². The number of fused-ring (bicyclic) bond motifs is 1. The Morgan fingerprint density at radius 1 is 1.00 bits per heavy atom. The highest BCUT2D eigenvalue weighted by atomic mass is 32.2. The molecule has 0 radical (unpaired) electrons. The molecule has 160 valence electrons. The summed E-state index contributed by atoms with van der Waals surface area (Å²) in [5.74, 6) is 1.09. The van der Waals surface area contributed by atoms with Crippen molar-refractivity contribution in [2.75, 3.05) is 45.8 Å². The maximum atomic E-state index is 13.4. The number of carbonyl (C=O) groups is 1. The lowest BCUT2D eigenvalue weighted by molar-refractivity contribution is -0.134. The SMILES string of the molecule is O=C(CN1CC[C@H]2CCCC[C@@H]2C1)N1CCN(S(=O)(=O)c2cccc(F)c2)CC1. The van der Waals surface area contributed by atoms with Crippen LogP contribution in [0.4, 0.5) is 4.39 Å². The van der Waals surface area contributed by atoms with Crippen molar-refractivity contribution in [1.82, 2.24) is 14.1 Å². The van der Waals surface area contributed by atoms with E-state index in [4.69, 9.17) is 0 Å². The second-order valence-electron chi connectivity index (χ2n) is 8.57. The van der Waals surface area contributed by atoms with Crippen molar-refractivity contribution in [3.63, 3.8) is 0 Å². The van der Waals surface area contributed by atoms with Gasteiger partial charge in [-0.15, -0.1) is 0 Å². The van der Waals surface area contributed by atoms with Crippen LogP contribution in [0.1, 0.15) is 32.1 Å². The maximum Gasteiger partial charge on any atom is 0.243 e. The molecule has 1 aromatic carbocycles. The number of piperazine rings is 1. The molecule has 29 heavy (non-hydrogen) atoms. The zero-order valence-electron chi connectivity index (χ0n) is 16.8. The highest BCUT2D eigenvalue weighted by molar-refractivity contribution is 7.89. The van der Waals surface area contributed by atoms with Crippen LogP contribution in [0.2, 0.25) is 0 Å². The topological polar surface area (TPSA) is 60.9 Å². The van der Waals surface area contributed by atoms with Crippen molar-refractivity contribution in [3.05, 3.63) is 30.1 Å². The van der Waals surface area contributed by atoms with Crippen molar-refractivity contribution in [2.24, 2.45) is 11.8 Å². The molecule has 1 saturated carbocycles. The number of hydrogen-bond acceptors (Lipinski definition) is 4. The first-order valence-electron chi connectivity index (χ1n) is 10.7. The lowest BCUT2D eigenvalue weighted by Crippen LogP contribution is -2.53. The van der Waals surface area contributed by atoms with E-state index in [1.807, 2.05) is 0 Å². The second kappa shape index (κ2) is 8.70. The molecule has 8 heteroatoms. The largest absolute Gasteiger partial charge is 0.339 e. The van der Waals surface area contributed by atoms with Crippen LogP contribution in [0, 0.1) is 17.7 Å². The predicted octanol–water partition coefficient (Wildman–Crippen LogP) is 2.17. The van der Waals surface area contributed by atoms with Gasteiger partial charge < -0.3 is 4.90 Å². The highest BCUT2D eigenvalue weighted by Crippen LogP contribution is 2.36. The van der Waals surface area contributed by atoms with Gasteiger partial charge in [0.15, 0.2) is 0 Å². The molecule has 2 atom stereocenters. The number of sulfonamides is 1. The molecule has 2 aliphatic heterocycles. The van der Waals surface area contributed by atoms with E-state index in [1.54, 1.807) is 4.90 Å². The third-order valence-electron chi connectivity index (χ3n) is 6.76. The molecular weight excluding hydrogens is 393 g/mol. The van der Waals surface area contributed by atoms with Gasteiger partial charge in [0, 0.05) is 32.7 Å². The molecular formula is C21H30FN3O3S. The number of likely N-dealkylation sites (tertiary alicyclic amines) is 1. The van der Waals surface area contributed by atoms with Gasteiger partial charge in [-0.1, -0.05) is 25.3 Å². The van der Waals surface area contributed by atoms with Gasteiger partial charge in [-0.2, -0.15) is 4.31 Å². The van der Waals surface area contributed by atoms with Crippen molar-refractivity contribution in [1.29, 1.82) is 0 Å². The first kappa shape index (κ1) is 20.8. The van der Waals surface area contributed by atoms with Crippen LogP contribution in [0.3, 0.4) is 0 Å². The Morgan fingerprint density at radius 2 is 1.72 bits per heavy atom. The lowest BCUT2D eigenvalue weighted by atomic mass is 9.75. The van der Waals surface area contributed by atoms with Gasteiger partial charge in [-0.25, -0.2) is 12.8 Å². The van der Waals surface area contributed by atoms with E-state index in [9.17, 15) is 17.6 Å². The number of hydrogen-bond donors (Lipinski definition) is 0. The molecule has 6 nitrogen and oxygen atoms in total. The van der Waals surface area contributed by atoms with Crippen LogP contribution in [-0.4, -0.2) is 74.2 Å². The van der Waals surface area contributed by atoms with Crippen molar-refractivity contribution < 1.29 is 17.6 Å². The second-order valence-corrected chi connectivity index (χ2v) is 10.5. The fourth-order valence-corrected chi connectivity index (χ4v) is 6.52. The summed E-state index contributed by atoms with van der Waals surface area (Å²) in [6.45, 7) is 3.69. The van der Waals surface area contributed by atoms with Crippen LogP contribution in [0.15, 0.2) is 29.2 Å².